The lowest BCUT2D eigenvalue weighted by molar-refractivity contribution is -0.118. The number of nitrogens with zero attached hydrogens (tertiary/aromatic N) is 3. The standard InChI is InChI=1S/C17H16N4OS/c1-12-8-13(2)20-17(15(12)9-18)23-11-16(22)21-19-10-14-6-4-3-5-7-14/h3-8,10H,11H2,1-2H3,(H,21,22)/b19-10+. The lowest BCUT2D eigenvalue weighted by Crippen LogP contribution is -2.19. The number of pyridine rings is 1. The highest BCUT2D eigenvalue weighted by Gasteiger charge is 2.11. The molecule has 0 aliphatic heterocycles. The van der Waals surface area contributed by atoms with Crippen LogP contribution >= 0.6 is 11.8 Å². The molecule has 0 bridgehead atoms. The van der Waals surface area contributed by atoms with Gasteiger partial charge in [0, 0.05) is 5.69 Å². The maximum absolute atomic E-state index is 11.8. The number of thioether (sulfide) groups is 1. The second kappa shape index (κ2) is 8.11. The number of amides is 1. The smallest absolute Gasteiger partial charge is 0.250 e. The van der Waals surface area contributed by atoms with Crippen LogP contribution in [0.3, 0.4) is 0 Å². The quantitative estimate of drug-likeness (QED) is 0.521. The summed E-state index contributed by atoms with van der Waals surface area (Å²) in [5, 5.41) is 13.7. The third-order valence-corrected chi connectivity index (χ3v) is 3.94. The summed E-state index contributed by atoms with van der Waals surface area (Å²) in [5.41, 5.74) is 5.58. The SMILES string of the molecule is Cc1cc(C)c(C#N)c(SCC(=O)N/N=C/c2ccccc2)n1. The number of benzene rings is 1. The van der Waals surface area contributed by atoms with Crippen molar-refractivity contribution in [3.05, 3.63) is 58.8 Å². The molecule has 0 unspecified atom stereocenters. The van der Waals surface area contributed by atoms with E-state index in [1.807, 2.05) is 50.2 Å². The Morgan fingerprint density at radius 3 is 2.83 bits per heavy atom. The van der Waals surface area contributed by atoms with Gasteiger partial charge in [-0.15, -0.1) is 0 Å². The Morgan fingerprint density at radius 1 is 1.39 bits per heavy atom. The highest BCUT2D eigenvalue weighted by Crippen LogP contribution is 2.23. The fourth-order valence-electron chi connectivity index (χ4n) is 1.93. The molecule has 116 valence electrons. The Morgan fingerprint density at radius 2 is 2.13 bits per heavy atom. The van der Waals surface area contributed by atoms with E-state index in [4.69, 9.17) is 0 Å². The molecule has 23 heavy (non-hydrogen) atoms. The Labute approximate surface area is 139 Å². The van der Waals surface area contributed by atoms with Gasteiger partial charge in [-0.1, -0.05) is 42.1 Å². The van der Waals surface area contributed by atoms with Crippen LogP contribution in [0.1, 0.15) is 22.4 Å². The first-order chi connectivity index (χ1) is 11.1. The minimum absolute atomic E-state index is 0.150. The number of nitrogens with one attached hydrogen (secondary N) is 1. The molecule has 2 rings (SSSR count). The van der Waals surface area contributed by atoms with E-state index in [-0.39, 0.29) is 11.7 Å². The van der Waals surface area contributed by atoms with Crippen LogP contribution in [0.2, 0.25) is 0 Å². The molecule has 0 atom stereocenters. The van der Waals surface area contributed by atoms with Crippen LogP contribution in [-0.4, -0.2) is 22.9 Å². The van der Waals surface area contributed by atoms with Crippen molar-refractivity contribution in [1.29, 1.82) is 5.26 Å². The Hall–Kier alpha value is -2.65. The van der Waals surface area contributed by atoms with Crippen LogP contribution in [0.25, 0.3) is 0 Å². The molecule has 0 aliphatic rings. The van der Waals surface area contributed by atoms with Crippen molar-refractivity contribution in [3.63, 3.8) is 0 Å². The Kier molecular flexibility index (Phi) is 5.89. The highest BCUT2D eigenvalue weighted by atomic mass is 32.2. The number of hydrogen-bond acceptors (Lipinski definition) is 5. The van der Waals surface area contributed by atoms with Gasteiger partial charge in [-0.3, -0.25) is 4.79 Å². The van der Waals surface area contributed by atoms with Gasteiger partial charge in [0.25, 0.3) is 0 Å². The minimum atomic E-state index is -0.243. The fraction of sp³-hybridized carbons (Fsp3) is 0.176. The number of aromatic nitrogens is 1. The lowest BCUT2D eigenvalue weighted by Gasteiger charge is -2.06. The maximum atomic E-state index is 11.8. The van der Waals surface area contributed by atoms with Crippen LogP contribution in [0.4, 0.5) is 0 Å². The summed E-state index contributed by atoms with van der Waals surface area (Å²) < 4.78 is 0. The molecular formula is C17H16N4OS. The van der Waals surface area contributed by atoms with Crippen LogP contribution in [0.5, 0.6) is 0 Å². The molecule has 1 aromatic carbocycles. The van der Waals surface area contributed by atoms with Crippen molar-refractivity contribution in [2.75, 3.05) is 5.75 Å². The van der Waals surface area contributed by atoms with Gasteiger partial charge in [0.05, 0.1) is 17.5 Å². The summed E-state index contributed by atoms with van der Waals surface area (Å²) in [6, 6.07) is 13.5. The van der Waals surface area contributed by atoms with E-state index in [0.717, 1.165) is 16.8 Å². The van der Waals surface area contributed by atoms with E-state index < -0.39 is 0 Å². The molecule has 1 N–H and O–H groups in total. The zero-order valence-corrected chi connectivity index (χ0v) is 13.7. The first kappa shape index (κ1) is 16.7. The number of carbonyl (C=O) groups excluding carboxylic acids is 1. The molecule has 0 radical (unpaired) electrons. The Bertz CT molecular complexity index is 766. The molecule has 5 nitrogen and oxygen atoms in total. The van der Waals surface area contributed by atoms with Crippen LogP contribution in [0.15, 0.2) is 46.5 Å². The van der Waals surface area contributed by atoms with E-state index in [1.165, 1.54) is 11.8 Å². The summed E-state index contributed by atoms with van der Waals surface area (Å²) in [6.07, 6.45) is 1.58. The van der Waals surface area contributed by atoms with Gasteiger partial charge in [-0.25, -0.2) is 10.4 Å². The topological polar surface area (TPSA) is 78.1 Å². The normalized spacial score (nSPS) is 10.5. The first-order valence-corrected chi connectivity index (χ1v) is 7.97. The average molecular weight is 324 g/mol. The van der Waals surface area contributed by atoms with Gasteiger partial charge in [0.2, 0.25) is 5.91 Å². The van der Waals surface area contributed by atoms with Gasteiger partial charge in [0.1, 0.15) is 11.1 Å². The van der Waals surface area contributed by atoms with E-state index in [1.54, 1.807) is 6.21 Å². The predicted octanol–water partition coefficient (Wildman–Crippen LogP) is 2.81. The number of rotatable bonds is 5. The lowest BCUT2D eigenvalue weighted by atomic mass is 10.1. The molecular weight excluding hydrogens is 308 g/mol. The number of nitriles is 1. The van der Waals surface area contributed by atoms with Gasteiger partial charge in [0.15, 0.2) is 0 Å². The monoisotopic (exact) mass is 324 g/mol. The molecule has 0 saturated carbocycles. The maximum Gasteiger partial charge on any atom is 0.250 e. The zero-order chi connectivity index (χ0) is 16.7. The van der Waals surface area contributed by atoms with Crippen LogP contribution in [-0.2, 0) is 4.79 Å². The van der Waals surface area contributed by atoms with E-state index in [9.17, 15) is 10.1 Å². The number of hydrazone groups is 1. The minimum Gasteiger partial charge on any atom is -0.272 e. The second-order valence-electron chi connectivity index (χ2n) is 4.87. The second-order valence-corrected chi connectivity index (χ2v) is 5.83. The van der Waals surface area contributed by atoms with E-state index >= 15 is 0 Å². The number of carbonyl (C=O) groups is 1. The van der Waals surface area contributed by atoms with Crippen molar-refractivity contribution in [2.45, 2.75) is 18.9 Å². The van der Waals surface area contributed by atoms with Crippen LogP contribution in [0, 0.1) is 25.2 Å². The number of aryl methyl sites for hydroxylation is 2. The van der Waals surface area contributed by atoms with Crippen molar-refractivity contribution in [1.82, 2.24) is 10.4 Å². The largest absolute Gasteiger partial charge is 0.272 e. The average Bonchev–Trinajstić information content (AvgIpc) is 2.53. The van der Waals surface area contributed by atoms with E-state index in [2.05, 4.69) is 21.6 Å². The molecule has 6 heteroatoms. The van der Waals surface area contributed by atoms with Crippen molar-refractivity contribution >= 4 is 23.9 Å². The zero-order valence-electron chi connectivity index (χ0n) is 12.9. The first-order valence-electron chi connectivity index (χ1n) is 6.98. The van der Waals surface area contributed by atoms with Crippen molar-refractivity contribution in [3.8, 4) is 6.07 Å². The summed E-state index contributed by atoms with van der Waals surface area (Å²) in [6.45, 7) is 3.73. The van der Waals surface area contributed by atoms with E-state index in [0.29, 0.717) is 10.6 Å². The van der Waals surface area contributed by atoms with Gasteiger partial charge in [-0.2, -0.15) is 10.4 Å². The van der Waals surface area contributed by atoms with Crippen molar-refractivity contribution in [2.24, 2.45) is 5.10 Å². The van der Waals surface area contributed by atoms with Crippen LogP contribution < -0.4 is 5.43 Å². The predicted molar refractivity (Wildman–Crippen MR) is 91.3 cm³/mol. The van der Waals surface area contributed by atoms with Gasteiger partial charge < -0.3 is 0 Å². The summed E-state index contributed by atoms with van der Waals surface area (Å²) in [4.78, 5) is 16.1. The highest BCUT2D eigenvalue weighted by molar-refractivity contribution is 8.00. The fourth-order valence-corrected chi connectivity index (χ4v) is 2.82. The summed E-state index contributed by atoms with van der Waals surface area (Å²) in [7, 11) is 0. The van der Waals surface area contributed by atoms with Gasteiger partial charge >= 0.3 is 0 Å². The summed E-state index contributed by atoms with van der Waals surface area (Å²) >= 11 is 1.23. The third kappa shape index (κ3) is 4.94. The van der Waals surface area contributed by atoms with Crippen molar-refractivity contribution < 1.29 is 4.79 Å². The molecule has 1 amide bonds. The molecule has 0 fully saturated rings. The molecule has 0 saturated heterocycles. The molecule has 0 spiro atoms. The molecule has 2 aromatic rings. The number of hydrogen-bond donors (Lipinski definition) is 1. The molecule has 1 heterocycles. The molecule has 1 aromatic heterocycles. The summed E-state index contributed by atoms with van der Waals surface area (Å²) in [5.74, 6) is -0.0940. The third-order valence-electron chi connectivity index (χ3n) is 2.97. The van der Waals surface area contributed by atoms with Gasteiger partial charge in [-0.05, 0) is 31.0 Å². The Balaban J connectivity index is 1.93. The molecule has 0 aliphatic carbocycles.